The molecule has 2 rings (SSSR count). The Balaban J connectivity index is 2.43. The maximum Gasteiger partial charge on any atom is 0.326 e. The number of H-pyrrole nitrogens is 1. The fourth-order valence-corrected chi connectivity index (χ4v) is 8.35. The van der Waals surface area contributed by atoms with Gasteiger partial charge >= 0.3 is 11.9 Å². The monoisotopic (exact) mass is 1130 g/mol. The molecule has 10 amide bonds. The van der Waals surface area contributed by atoms with Crippen molar-refractivity contribution in [3.05, 3.63) is 54.1 Å². The van der Waals surface area contributed by atoms with Crippen molar-refractivity contribution in [2.75, 3.05) is 12.0 Å². The summed E-state index contributed by atoms with van der Waals surface area (Å²) in [7, 11) is 0. The summed E-state index contributed by atoms with van der Waals surface area (Å²) in [4.78, 5) is 166. The third kappa shape index (κ3) is 25.6. The van der Waals surface area contributed by atoms with Gasteiger partial charge in [0.1, 0.15) is 48.3 Å². The minimum atomic E-state index is -1.84. The highest BCUT2D eigenvalue weighted by atomic mass is 32.2. The molecule has 0 radical (unpaired) electrons. The number of carbonyl (C=O) groups is 12. The highest BCUT2D eigenvalue weighted by Crippen LogP contribution is 2.13. The summed E-state index contributed by atoms with van der Waals surface area (Å²) in [5, 5.41) is 39.2. The lowest BCUT2D eigenvalue weighted by Gasteiger charge is -2.29. The molecule has 17 N–H and O–H groups in total. The van der Waals surface area contributed by atoms with Crippen LogP contribution in [-0.2, 0) is 70.4 Å². The predicted molar refractivity (Wildman–Crippen MR) is 289 cm³/mol. The standard InChI is InChI=1S/C51H79N13O14S/c1-26(2)19-35(61-48(74)37(21-29-11-9-8-10-12-29)60-43(69)31(52)22-30-24-55-25-56-30)47(73)62-38(23-40(54)66)49(75)58-33(14-16-41(67)68)44(70)57-32(13-15-39(53)65)45(71)64-42(28(5)6)50(76)63-36(20-27(3)4)46(72)59-34(51(77)78)17-18-79-7/h8-12,24-28,31-38,42H,13-23,52H2,1-7H3,(H2,53,65)(H2,54,66)(H,55,56)(H,57,70)(H,58,75)(H,59,72)(H,60,69)(H,61,74)(H,62,73)(H,63,76)(H,64,71)(H,67,68)(H,77,78)/t31-,32-,33-,34-,35-,36-,37-,38-,42-/m0/s1. The zero-order chi connectivity index (χ0) is 59.5. The highest BCUT2D eigenvalue weighted by molar-refractivity contribution is 7.98. The molecule has 0 aliphatic heterocycles. The Morgan fingerprint density at radius 1 is 0.557 bits per heavy atom. The van der Waals surface area contributed by atoms with Crippen LogP contribution in [-0.4, -0.2) is 158 Å². The predicted octanol–water partition coefficient (Wildman–Crippen LogP) is -2.01. The minimum absolute atomic E-state index is 0.0357. The van der Waals surface area contributed by atoms with Crippen molar-refractivity contribution >= 4 is 82.8 Å². The summed E-state index contributed by atoms with van der Waals surface area (Å²) >= 11 is 1.37. The molecule has 438 valence electrons. The first-order valence-corrected chi connectivity index (χ1v) is 27.2. The van der Waals surface area contributed by atoms with Crippen LogP contribution in [0.4, 0.5) is 0 Å². The van der Waals surface area contributed by atoms with Gasteiger partial charge in [-0.3, -0.25) is 52.7 Å². The second-order valence-electron chi connectivity index (χ2n) is 20.2. The average Bonchev–Trinajstić information content (AvgIpc) is 3.88. The summed E-state index contributed by atoms with van der Waals surface area (Å²) in [5.74, 6) is -13.0. The minimum Gasteiger partial charge on any atom is -0.481 e. The van der Waals surface area contributed by atoms with Crippen LogP contribution in [0.5, 0.6) is 0 Å². The summed E-state index contributed by atoms with van der Waals surface area (Å²) in [6.45, 7) is 10.1. The van der Waals surface area contributed by atoms with E-state index in [-0.39, 0.29) is 43.9 Å². The number of aromatic nitrogens is 2. The van der Waals surface area contributed by atoms with E-state index in [9.17, 15) is 67.7 Å². The Morgan fingerprint density at radius 3 is 1.51 bits per heavy atom. The molecule has 0 unspecified atom stereocenters. The number of thioether (sulfide) groups is 1. The van der Waals surface area contributed by atoms with Crippen molar-refractivity contribution in [1.29, 1.82) is 0 Å². The van der Waals surface area contributed by atoms with Crippen LogP contribution < -0.4 is 59.7 Å². The number of nitrogens with one attached hydrogen (secondary N) is 9. The van der Waals surface area contributed by atoms with Gasteiger partial charge < -0.3 is 74.9 Å². The molecule has 0 aliphatic carbocycles. The summed E-state index contributed by atoms with van der Waals surface area (Å²) < 4.78 is 0. The molecular weight excluding hydrogens is 1050 g/mol. The molecule has 9 atom stereocenters. The fraction of sp³-hybridized carbons (Fsp3) is 0.588. The molecule has 0 fully saturated rings. The SMILES string of the molecule is CSCC[C@H](NC(=O)[C@H](CC(C)C)NC(=O)[C@@H](NC(=O)[C@H](CCC(N)=O)NC(=O)[C@H](CCC(=O)O)NC(=O)[C@H](CC(N)=O)NC(=O)[C@H](CC(C)C)NC(=O)[C@H](Cc1ccccc1)NC(=O)[C@@H](N)Cc1cnc[nH]1)C(C)C)C(=O)O. The number of nitrogens with zero attached hydrogens (tertiary/aromatic N) is 1. The van der Waals surface area contributed by atoms with Crippen LogP contribution in [0.3, 0.4) is 0 Å². The van der Waals surface area contributed by atoms with Gasteiger partial charge in [-0.25, -0.2) is 9.78 Å². The first-order valence-electron chi connectivity index (χ1n) is 25.8. The second-order valence-corrected chi connectivity index (χ2v) is 21.2. The molecular formula is C51H79N13O14S. The molecule has 0 aliphatic rings. The third-order valence-electron chi connectivity index (χ3n) is 12.0. The van der Waals surface area contributed by atoms with Crippen molar-refractivity contribution in [2.24, 2.45) is 35.0 Å². The van der Waals surface area contributed by atoms with Crippen molar-refractivity contribution in [2.45, 2.75) is 160 Å². The molecule has 0 saturated carbocycles. The van der Waals surface area contributed by atoms with E-state index >= 15 is 0 Å². The van der Waals surface area contributed by atoms with Crippen LogP contribution in [0.15, 0.2) is 42.9 Å². The second kappa shape index (κ2) is 34.3. The van der Waals surface area contributed by atoms with E-state index in [4.69, 9.17) is 17.2 Å². The van der Waals surface area contributed by atoms with Gasteiger partial charge in [-0.1, -0.05) is 71.9 Å². The van der Waals surface area contributed by atoms with Gasteiger partial charge in [0.15, 0.2) is 0 Å². The number of hydrogen-bond acceptors (Lipinski definition) is 15. The van der Waals surface area contributed by atoms with Gasteiger partial charge in [-0.2, -0.15) is 11.8 Å². The van der Waals surface area contributed by atoms with E-state index in [0.29, 0.717) is 17.0 Å². The molecule has 79 heavy (non-hydrogen) atoms. The van der Waals surface area contributed by atoms with E-state index in [2.05, 4.69) is 52.5 Å². The zero-order valence-electron chi connectivity index (χ0n) is 45.6. The largest absolute Gasteiger partial charge is 0.481 e. The van der Waals surface area contributed by atoms with Crippen LogP contribution in [0.25, 0.3) is 0 Å². The molecule has 1 aromatic heterocycles. The first-order chi connectivity index (χ1) is 37.1. The number of carboxylic acids is 2. The number of amides is 10. The van der Waals surface area contributed by atoms with Crippen LogP contribution >= 0.6 is 11.8 Å². The molecule has 0 saturated heterocycles. The quantitative estimate of drug-likeness (QED) is 0.0348. The molecule has 0 bridgehead atoms. The van der Waals surface area contributed by atoms with Gasteiger partial charge in [-0.15, -0.1) is 0 Å². The highest BCUT2D eigenvalue weighted by Gasteiger charge is 2.37. The van der Waals surface area contributed by atoms with Gasteiger partial charge in [-0.05, 0) is 67.4 Å². The molecule has 0 spiro atoms. The molecule has 2 aromatic rings. The average molecular weight is 1130 g/mol. The number of aromatic amines is 1. The summed E-state index contributed by atoms with van der Waals surface area (Å²) in [6.07, 6.45) is 1.62. The van der Waals surface area contributed by atoms with Crippen molar-refractivity contribution < 1.29 is 67.7 Å². The number of benzene rings is 1. The topological polar surface area (TPSA) is 448 Å². The lowest BCUT2D eigenvalue weighted by atomic mass is 9.99. The number of rotatable bonds is 37. The van der Waals surface area contributed by atoms with Crippen LogP contribution in [0.1, 0.15) is 104 Å². The maximum absolute atomic E-state index is 14.1. The number of imidazole rings is 1. The number of nitrogens with two attached hydrogens (primary N) is 3. The summed E-state index contributed by atoms with van der Waals surface area (Å²) in [6, 6.07) is -4.38. The number of primary amides is 2. The van der Waals surface area contributed by atoms with Crippen LogP contribution in [0, 0.1) is 17.8 Å². The van der Waals surface area contributed by atoms with Crippen molar-refractivity contribution in [3.63, 3.8) is 0 Å². The first kappa shape index (κ1) is 67.5. The maximum atomic E-state index is 14.1. The molecule has 1 aromatic carbocycles. The lowest BCUT2D eigenvalue weighted by molar-refractivity contribution is -0.142. The normalized spacial score (nSPS) is 14.6. The van der Waals surface area contributed by atoms with Gasteiger partial charge in [0.05, 0.1) is 18.8 Å². The van der Waals surface area contributed by atoms with Crippen molar-refractivity contribution in [3.8, 4) is 0 Å². The molecule has 1 heterocycles. The number of carboxylic acid groups (broad SMARTS) is 2. The lowest BCUT2D eigenvalue weighted by Crippen LogP contribution is -2.61. The Morgan fingerprint density at radius 2 is 1.03 bits per heavy atom. The zero-order valence-corrected chi connectivity index (χ0v) is 46.4. The van der Waals surface area contributed by atoms with E-state index in [1.165, 1.54) is 24.3 Å². The molecule has 27 nitrogen and oxygen atoms in total. The van der Waals surface area contributed by atoms with Gasteiger partial charge in [0, 0.05) is 37.6 Å². The Kier molecular flexibility index (Phi) is 29.3. The number of hydrogen-bond donors (Lipinski definition) is 14. The van der Waals surface area contributed by atoms with Gasteiger partial charge in [0.25, 0.3) is 0 Å². The van der Waals surface area contributed by atoms with E-state index in [1.807, 2.05) is 0 Å². The Labute approximate surface area is 462 Å². The van der Waals surface area contributed by atoms with E-state index < -0.39 is 163 Å². The smallest absolute Gasteiger partial charge is 0.326 e. The van der Waals surface area contributed by atoms with Crippen LogP contribution in [0.2, 0.25) is 0 Å². The number of carbonyl (C=O) groups excluding carboxylic acids is 10. The Bertz CT molecular complexity index is 2390. The molecule has 28 heteroatoms. The van der Waals surface area contributed by atoms with Gasteiger partial charge in [0.2, 0.25) is 59.1 Å². The van der Waals surface area contributed by atoms with Crippen molar-refractivity contribution in [1.82, 2.24) is 52.5 Å². The summed E-state index contributed by atoms with van der Waals surface area (Å²) in [5.41, 5.74) is 18.3. The number of aliphatic carboxylic acids is 2. The van der Waals surface area contributed by atoms with E-state index in [0.717, 1.165) is 0 Å². The fourth-order valence-electron chi connectivity index (χ4n) is 7.88. The Hall–Kier alpha value is -7.62. The third-order valence-corrected chi connectivity index (χ3v) is 12.7. The van der Waals surface area contributed by atoms with E-state index in [1.54, 1.807) is 78.1 Å².